The van der Waals surface area contributed by atoms with Crippen molar-refractivity contribution in [2.75, 3.05) is 5.75 Å². The van der Waals surface area contributed by atoms with Gasteiger partial charge < -0.3 is 5.32 Å². The molecule has 0 radical (unpaired) electrons. The first-order chi connectivity index (χ1) is 9.22. The normalized spacial score (nSPS) is 31.4. The van der Waals surface area contributed by atoms with E-state index in [-0.39, 0.29) is 0 Å². The summed E-state index contributed by atoms with van der Waals surface area (Å²) >= 11 is 4.07. The summed E-state index contributed by atoms with van der Waals surface area (Å²) < 4.78 is 0. The zero-order valence-corrected chi connectivity index (χ0v) is 13.1. The monoisotopic (exact) mass is 295 g/mol. The van der Waals surface area contributed by atoms with Crippen LogP contribution in [0, 0.1) is 0 Å². The molecule has 1 saturated carbocycles. The summed E-state index contributed by atoms with van der Waals surface area (Å²) in [7, 11) is 0. The van der Waals surface area contributed by atoms with Gasteiger partial charge in [-0.1, -0.05) is 13.8 Å². The van der Waals surface area contributed by atoms with Crippen molar-refractivity contribution in [1.29, 1.82) is 0 Å². The van der Waals surface area contributed by atoms with Crippen LogP contribution in [0.4, 0.5) is 0 Å². The fourth-order valence-electron chi connectivity index (χ4n) is 2.12. The van der Waals surface area contributed by atoms with Crippen LogP contribution in [0.15, 0.2) is 12.3 Å². The minimum Gasteiger partial charge on any atom is -0.308 e. The van der Waals surface area contributed by atoms with Gasteiger partial charge in [0.2, 0.25) is 0 Å². The van der Waals surface area contributed by atoms with E-state index in [2.05, 4.69) is 24.1 Å². The number of hydrogen-bond acceptors (Lipinski definition) is 5. The van der Waals surface area contributed by atoms with Crippen molar-refractivity contribution < 1.29 is 0 Å². The van der Waals surface area contributed by atoms with E-state index >= 15 is 0 Å². The second-order valence-electron chi connectivity index (χ2n) is 5.43. The van der Waals surface area contributed by atoms with Gasteiger partial charge >= 0.3 is 0 Å². The first-order valence-corrected chi connectivity index (χ1v) is 9.04. The molecule has 0 amide bonds. The minimum atomic E-state index is 0.456. The maximum absolute atomic E-state index is 4.75. The molecule has 2 heterocycles. The Balaban J connectivity index is 1.64. The average Bonchev–Trinajstić information content (AvgIpc) is 3.24. The Morgan fingerprint density at radius 1 is 1.32 bits per heavy atom. The van der Waals surface area contributed by atoms with Crippen LogP contribution >= 0.6 is 23.5 Å². The largest absolute Gasteiger partial charge is 0.308 e. The van der Waals surface area contributed by atoms with Crippen molar-refractivity contribution in [2.45, 2.75) is 55.0 Å². The molecule has 0 spiro atoms. The SMILES string of the molecule is CC1SCC(c2nccc(CNC3CC3)n2)SC1C. The molecule has 3 nitrogen and oxygen atoms in total. The summed E-state index contributed by atoms with van der Waals surface area (Å²) in [6.45, 7) is 5.51. The van der Waals surface area contributed by atoms with Crippen molar-refractivity contribution in [3.05, 3.63) is 23.8 Å². The van der Waals surface area contributed by atoms with E-state index in [4.69, 9.17) is 4.98 Å². The van der Waals surface area contributed by atoms with Crippen LogP contribution in [0.5, 0.6) is 0 Å². The van der Waals surface area contributed by atoms with E-state index in [0.29, 0.717) is 10.5 Å². The van der Waals surface area contributed by atoms with Crippen LogP contribution in [0.2, 0.25) is 0 Å². The average molecular weight is 295 g/mol. The quantitative estimate of drug-likeness (QED) is 0.924. The van der Waals surface area contributed by atoms with Crippen molar-refractivity contribution in [3.63, 3.8) is 0 Å². The zero-order chi connectivity index (χ0) is 13.2. The van der Waals surface area contributed by atoms with Gasteiger partial charge in [0.1, 0.15) is 5.82 Å². The minimum absolute atomic E-state index is 0.456. The highest BCUT2D eigenvalue weighted by atomic mass is 32.2. The van der Waals surface area contributed by atoms with E-state index in [0.717, 1.165) is 35.1 Å². The standard InChI is InChI=1S/C14H21N3S2/c1-9-10(2)19-13(8-18-9)14-15-6-5-12(17-14)7-16-11-3-4-11/h5-6,9-11,13,16H,3-4,7-8H2,1-2H3. The Labute approximate surface area is 123 Å². The van der Waals surface area contributed by atoms with Gasteiger partial charge in [0, 0.05) is 35.0 Å². The summed E-state index contributed by atoms with van der Waals surface area (Å²) in [4.78, 5) is 9.24. The first kappa shape index (κ1) is 13.7. The van der Waals surface area contributed by atoms with E-state index < -0.39 is 0 Å². The third-order valence-electron chi connectivity index (χ3n) is 3.72. The number of thioether (sulfide) groups is 2. The molecule has 2 aliphatic rings. The van der Waals surface area contributed by atoms with E-state index in [1.54, 1.807) is 0 Å². The lowest BCUT2D eigenvalue weighted by molar-refractivity contribution is 0.667. The van der Waals surface area contributed by atoms with E-state index in [9.17, 15) is 0 Å². The molecule has 1 saturated heterocycles. The fraction of sp³-hybridized carbons (Fsp3) is 0.714. The van der Waals surface area contributed by atoms with Gasteiger partial charge in [-0.3, -0.25) is 0 Å². The van der Waals surface area contributed by atoms with Crippen molar-refractivity contribution in [2.24, 2.45) is 0 Å². The molecule has 5 heteroatoms. The summed E-state index contributed by atoms with van der Waals surface area (Å²) in [5.41, 5.74) is 1.13. The number of hydrogen-bond donors (Lipinski definition) is 1. The van der Waals surface area contributed by atoms with E-state index in [1.165, 1.54) is 12.8 Å². The van der Waals surface area contributed by atoms with Crippen LogP contribution in [0.25, 0.3) is 0 Å². The molecule has 1 aliphatic carbocycles. The van der Waals surface area contributed by atoms with Crippen molar-refractivity contribution in [3.8, 4) is 0 Å². The smallest absolute Gasteiger partial charge is 0.142 e. The molecule has 19 heavy (non-hydrogen) atoms. The van der Waals surface area contributed by atoms with Gasteiger partial charge in [-0.15, -0.1) is 11.8 Å². The molecular formula is C14H21N3S2. The highest BCUT2D eigenvalue weighted by molar-refractivity contribution is 8.07. The topological polar surface area (TPSA) is 37.8 Å². The molecule has 1 aromatic heterocycles. The predicted octanol–water partition coefficient (Wildman–Crippen LogP) is 3.03. The van der Waals surface area contributed by atoms with Crippen LogP contribution in [0.1, 0.15) is 43.5 Å². The first-order valence-electron chi connectivity index (χ1n) is 7.04. The lowest BCUT2D eigenvalue weighted by Crippen LogP contribution is -2.23. The molecule has 3 unspecified atom stereocenters. The lowest BCUT2D eigenvalue weighted by atomic mass is 10.3. The highest BCUT2D eigenvalue weighted by Crippen LogP contribution is 2.43. The lowest BCUT2D eigenvalue weighted by Gasteiger charge is -2.30. The van der Waals surface area contributed by atoms with Gasteiger partial charge in [0.15, 0.2) is 0 Å². The summed E-state index contributed by atoms with van der Waals surface area (Å²) in [6.07, 6.45) is 4.56. The Bertz CT molecular complexity index is 436. The molecule has 1 N–H and O–H groups in total. The predicted molar refractivity (Wildman–Crippen MR) is 83.6 cm³/mol. The highest BCUT2D eigenvalue weighted by Gasteiger charge is 2.28. The Morgan fingerprint density at radius 3 is 2.89 bits per heavy atom. The second kappa shape index (κ2) is 6.02. The number of aromatic nitrogens is 2. The summed E-state index contributed by atoms with van der Waals surface area (Å²) in [5.74, 6) is 2.15. The van der Waals surface area contributed by atoms with E-state index in [1.807, 2.05) is 35.8 Å². The van der Waals surface area contributed by atoms with Crippen LogP contribution in [0.3, 0.4) is 0 Å². The number of rotatable bonds is 4. The maximum atomic E-state index is 4.75. The molecular weight excluding hydrogens is 274 g/mol. The van der Waals surface area contributed by atoms with Crippen molar-refractivity contribution in [1.82, 2.24) is 15.3 Å². The van der Waals surface area contributed by atoms with Crippen LogP contribution < -0.4 is 5.32 Å². The molecule has 0 aromatic carbocycles. The van der Waals surface area contributed by atoms with Gasteiger partial charge in [0.05, 0.1) is 10.9 Å². The van der Waals surface area contributed by atoms with Crippen LogP contribution in [-0.4, -0.2) is 32.3 Å². The van der Waals surface area contributed by atoms with Crippen LogP contribution in [-0.2, 0) is 6.54 Å². The second-order valence-corrected chi connectivity index (χ2v) is 8.42. The third kappa shape index (κ3) is 3.64. The van der Waals surface area contributed by atoms with Gasteiger partial charge in [0.25, 0.3) is 0 Å². The van der Waals surface area contributed by atoms with Gasteiger partial charge in [-0.25, -0.2) is 9.97 Å². The maximum Gasteiger partial charge on any atom is 0.142 e. The Kier molecular flexibility index (Phi) is 4.34. The number of nitrogens with zero attached hydrogens (tertiary/aromatic N) is 2. The molecule has 1 aliphatic heterocycles. The fourth-order valence-corrected chi connectivity index (χ4v) is 4.97. The molecule has 0 bridgehead atoms. The third-order valence-corrected chi connectivity index (χ3v) is 7.11. The summed E-state index contributed by atoms with van der Waals surface area (Å²) in [5, 5.41) is 5.39. The molecule has 104 valence electrons. The molecule has 2 fully saturated rings. The van der Waals surface area contributed by atoms with Gasteiger partial charge in [-0.2, -0.15) is 11.8 Å². The summed E-state index contributed by atoms with van der Waals surface area (Å²) in [6, 6.07) is 2.77. The molecule has 3 atom stereocenters. The zero-order valence-electron chi connectivity index (χ0n) is 11.5. The molecule has 3 rings (SSSR count). The van der Waals surface area contributed by atoms with Crippen molar-refractivity contribution >= 4 is 23.5 Å². The Morgan fingerprint density at radius 2 is 2.16 bits per heavy atom. The van der Waals surface area contributed by atoms with Gasteiger partial charge in [-0.05, 0) is 18.9 Å². The molecule has 1 aromatic rings. The Hall–Kier alpha value is -0.260. The number of nitrogens with one attached hydrogen (secondary N) is 1.